The van der Waals surface area contributed by atoms with Gasteiger partial charge in [-0.3, -0.25) is 4.79 Å². The zero-order valence-electron chi connectivity index (χ0n) is 19.8. The van der Waals surface area contributed by atoms with Crippen molar-refractivity contribution in [2.24, 2.45) is 0 Å². The Bertz CT molecular complexity index is 698. The van der Waals surface area contributed by atoms with Crippen LogP contribution in [0.2, 0.25) is 0 Å². The maximum absolute atomic E-state index is 11.5. The Morgan fingerprint density at radius 3 is 2.20 bits per heavy atom. The van der Waals surface area contributed by atoms with E-state index in [1.807, 2.05) is 0 Å². The molecule has 1 amide bonds. The van der Waals surface area contributed by atoms with Gasteiger partial charge in [-0.05, 0) is 13.3 Å². The van der Waals surface area contributed by atoms with Gasteiger partial charge in [-0.15, -0.1) is 0 Å². The van der Waals surface area contributed by atoms with Gasteiger partial charge in [0.2, 0.25) is 5.91 Å². The summed E-state index contributed by atoms with van der Waals surface area (Å²) in [5, 5.41) is 74.2. The van der Waals surface area contributed by atoms with E-state index in [0.717, 1.165) is 0 Å². The van der Waals surface area contributed by atoms with Crippen LogP contribution in [0.15, 0.2) is 0 Å². The molecule has 14 heteroatoms. The molecule has 5 unspecified atom stereocenters. The fourth-order valence-corrected chi connectivity index (χ4v) is 4.47. The molecule has 0 bridgehead atoms. The molecule has 0 aromatic carbocycles. The zero-order valence-corrected chi connectivity index (χ0v) is 19.8. The number of amides is 1. The van der Waals surface area contributed by atoms with Crippen molar-refractivity contribution in [2.45, 2.75) is 113 Å². The van der Waals surface area contributed by atoms with Crippen LogP contribution in [0.4, 0.5) is 0 Å². The second-order valence-electron chi connectivity index (χ2n) is 9.20. The topological polar surface area (TPSA) is 217 Å². The highest BCUT2D eigenvalue weighted by atomic mass is 16.8. The highest BCUT2D eigenvalue weighted by Crippen LogP contribution is 2.30. The van der Waals surface area contributed by atoms with E-state index in [4.69, 9.17) is 23.7 Å². The second kappa shape index (κ2) is 12.0. The van der Waals surface area contributed by atoms with E-state index in [-0.39, 0.29) is 19.1 Å². The number of carbonyl (C=O) groups excluding carboxylic acids is 1. The maximum Gasteiger partial charge on any atom is 0.217 e. The number of aliphatic hydroxyl groups excluding tert-OH is 7. The molecule has 35 heavy (non-hydrogen) atoms. The molecule has 0 saturated carbocycles. The minimum Gasteiger partial charge on any atom is -0.388 e. The quantitative estimate of drug-likeness (QED) is 0.162. The van der Waals surface area contributed by atoms with E-state index in [1.165, 1.54) is 13.8 Å². The lowest BCUT2D eigenvalue weighted by molar-refractivity contribution is -0.357. The number of ether oxygens (including phenoxy) is 5. The highest BCUT2D eigenvalue weighted by Gasteiger charge is 2.50. The highest BCUT2D eigenvalue weighted by molar-refractivity contribution is 5.73. The number of hydrogen-bond acceptors (Lipinski definition) is 13. The molecule has 3 heterocycles. The van der Waals surface area contributed by atoms with E-state index in [0.29, 0.717) is 6.42 Å². The normalized spacial score (nSPS) is 49.0. The molecule has 0 radical (unpaired) electrons. The smallest absolute Gasteiger partial charge is 0.217 e. The monoisotopic (exact) mass is 511 g/mol. The number of nitrogens with one attached hydrogen (secondary N) is 1. The molecule has 0 spiro atoms. The van der Waals surface area contributed by atoms with Gasteiger partial charge in [0.25, 0.3) is 0 Å². The van der Waals surface area contributed by atoms with E-state index < -0.39 is 85.8 Å². The molecular weight excluding hydrogens is 474 g/mol. The molecule has 14 nitrogen and oxygen atoms in total. The van der Waals surface area contributed by atoms with Crippen LogP contribution in [0.25, 0.3) is 0 Å². The van der Waals surface area contributed by atoms with Crippen molar-refractivity contribution < 1.29 is 64.2 Å². The fourth-order valence-electron chi connectivity index (χ4n) is 4.47. The number of aliphatic hydroxyl groups is 7. The molecule has 0 aliphatic carbocycles. The van der Waals surface area contributed by atoms with Crippen LogP contribution in [0.3, 0.4) is 0 Å². The molecule has 0 aromatic heterocycles. The Kier molecular flexibility index (Phi) is 9.81. The molecule has 3 rings (SSSR count). The van der Waals surface area contributed by atoms with E-state index in [1.54, 1.807) is 6.92 Å². The molecular formula is C21H37NO13. The molecule has 8 N–H and O–H groups in total. The van der Waals surface area contributed by atoms with E-state index in [9.17, 15) is 40.5 Å². The van der Waals surface area contributed by atoms with Gasteiger partial charge in [0.1, 0.15) is 54.9 Å². The summed E-state index contributed by atoms with van der Waals surface area (Å²) in [6, 6.07) is -0.825. The van der Waals surface area contributed by atoms with Crippen molar-refractivity contribution in [3.05, 3.63) is 0 Å². The molecule has 3 fully saturated rings. The first-order chi connectivity index (χ1) is 16.5. The van der Waals surface area contributed by atoms with Crippen LogP contribution in [0.1, 0.15) is 27.2 Å². The van der Waals surface area contributed by atoms with Crippen molar-refractivity contribution in [1.82, 2.24) is 5.32 Å². The third-order valence-corrected chi connectivity index (χ3v) is 6.58. The van der Waals surface area contributed by atoms with Crippen molar-refractivity contribution in [2.75, 3.05) is 13.2 Å². The van der Waals surface area contributed by atoms with Gasteiger partial charge >= 0.3 is 0 Å². The molecule has 3 saturated heterocycles. The van der Waals surface area contributed by atoms with Crippen LogP contribution in [-0.4, -0.2) is 141 Å². The first kappa shape index (κ1) is 28.6. The maximum atomic E-state index is 11.5. The molecule has 0 aromatic rings. The van der Waals surface area contributed by atoms with E-state index >= 15 is 0 Å². The standard InChI is InChI=1S/C21H37NO13/c1-4-10-12(22-8(3)23)16(28)15(27)11(34-10)6-32-21-19(17(29)13(25)7(2)33-21)35-20-18(30)14(26)9(24)5-31-20/h7,9-21,24-30H,4-6H2,1-3H3,(H,22,23)/t7?,9-,10+,11?,12-,13+,14?,15-,16?,17?,18+,19+,20+,21-/m1/s1. The third-order valence-electron chi connectivity index (χ3n) is 6.58. The SMILES string of the molecule is CC[C@@H]1OC(CO[C@@H]2OC(C)[C@H](O)C(O)[C@@H]2O[C@@H]2OC[C@@H](O)C(O)[C@@H]2O)[C@@H](O)C(O)[C@@H]1NC(C)=O. The number of rotatable bonds is 7. The summed E-state index contributed by atoms with van der Waals surface area (Å²) in [7, 11) is 0. The summed E-state index contributed by atoms with van der Waals surface area (Å²) >= 11 is 0. The first-order valence-electron chi connectivity index (χ1n) is 11.7. The Balaban J connectivity index is 1.69. The Morgan fingerprint density at radius 2 is 1.57 bits per heavy atom. The van der Waals surface area contributed by atoms with Crippen molar-refractivity contribution in [3.63, 3.8) is 0 Å². The summed E-state index contributed by atoms with van der Waals surface area (Å²) in [5.41, 5.74) is 0. The van der Waals surface area contributed by atoms with Gasteiger partial charge in [0, 0.05) is 6.92 Å². The lowest BCUT2D eigenvalue weighted by atomic mass is 9.91. The molecule has 14 atom stereocenters. The summed E-state index contributed by atoms with van der Waals surface area (Å²) < 4.78 is 28.0. The Morgan fingerprint density at radius 1 is 0.886 bits per heavy atom. The van der Waals surface area contributed by atoms with Crippen LogP contribution >= 0.6 is 0 Å². The predicted molar refractivity (Wildman–Crippen MR) is 114 cm³/mol. The van der Waals surface area contributed by atoms with Gasteiger partial charge < -0.3 is 64.7 Å². The average Bonchev–Trinajstić information content (AvgIpc) is 2.82. The van der Waals surface area contributed by atoms with Crippen molar-refractivity contribution in [1.29, 1.82) is 0 Å². The van der Waals surface area contributed by atoms with Gasteiger partial charge in [-0.1, -0.05) is 6.92 Å². The lowest BCUT2D eigenvalue weighted by Crippen LogP contribution is -2.65. The third kappa shape index (κ3) is 6.29. The summed E-state index contributed by atoms with van der Waals surface area (Å²) in [5.74, 6) is -0.389. The molecule has 204 valence electrons. The minimum absolute atomic E-state index is 0.322. The van der Waals surface area contributed by atoms with Crippen LogP contribution in [0.5, 0.6) is 0 Å². The Hall–Kier alpha value is -1.01. The average molecular weight is 512 g/mol. The fraction of sp³-hybridized carbons (Fsp3) is 0.952. The zero-order chi connectivity index (χ0) is 26.0. The predicted octanol–water partition coefficient (Wildman–Crippen LogP) is -4.30. The molecule has 3 aliphatic rings. The molecule has 3 aliphatic heterocycles. The van der Waals surface area contributed by atoms with Crippen molar-refractivity contribution >= 4 is 5.91 Å². The number of hydrogen-bond donors (Lipinski definition) is 8. The van der Waals surface area contributed by atoms with Crippen LogP contribution in [0, 0.1) is 0 Å². The Labute approximate surface area is 202 Å². The lowest BCUT2D eigenvalue weighted by Gasteiger charge is -2.46. The van der Waals surface area contributed by atoms with Gasteiger partial charge in [0.15, 0.2) is 12.6 Å². The summed E-state index contributed by atoms with van der Waals surface area (Å²) in [4.78, 5) is 11.5. The van der Waals surface area contributed by atoms with Gasteiger partial charge in [-0.2, -0.15) is 0 Å². The van der Waals surface area contributed by atoms with Gasteiger partial charge in [-0.25, -0.2) is 0 Å². The van der Waals surface area contributed by atoms with Crippen LogP contribution in [-0.2, 0) is 28.5 Å². The van der Waals surface area contributed by atoms with E-state index in [2.05, 4.69) is 5.32 Å². The largest absolute Gasteiger partial charge is 0.388 e. The first-order valence-corrected chi connectivity index (χ1v) is 11.7. The van der Waals surface area contributed by atoms with Crippen LogP contribution < -0.4 is 5.32 Å². The number of carbonyl (C=O) groups is 1. The second-order valence-corrected chi connectivity index (χ2v) is 9.20. The van der Waals surface area contributed by atoms with Gasteiger partial charge in [0.05, 0.1) is 31.5 Å². The summed E-state index contributed by atoms with van der Waals surface area (Å²) in [6.07, 6.45) is -16.5. The van der Waals surface area contributed by atoms with Crippen molar-refractivity contribution in [3.8, 4) is 0 Å². The minimum atomic E-state index is -1.65. The summed E-state index contributed by atoms with van der Waals surface area (Å²) in [6.45, 7) is 3.90.